The summed E-state index contributed by atoms with van der Waals surface area (Å²) in [6.07, 6.45) is 1.84. The van der Waals surface area contributed by atoms with Crippen molar-refractivity contribution in [3.8, 4) is 6.07 Å². The number of carbonyl (C=O) groups is 2. The van der Waals surface area contributed by atoms with Crippen molar-refractivity contribution in [3.63, 3.8) is 0 Å². The molecule has 1 amide bonds. The summed E-state index contributed by atoms with van der Waals surface area (Å²) in [4.78, 5) is 25.4. The number of halogens is 2. The van der Waals surface area contributed by atoms with Gasteiger partial charge < -0.3 is 10.6 Å². The van der Waals surface area contributed by atoms with Crippen LogP contribution in [0.3, 0.4) is 0 Å². The molecular formula is C25H21BrFN3O2S. The van der Waals surface area contributed by atoms with E-state index >= 15 is 0 Å². The van der Waals surface area contributed by atoms with Crippen molar-refractivity contribution >= 4 is 45.1 Å². The maximum absolute atomic E-state index is 13.5. The van der Waals surface area contributed by atoms with E-state index in [9.17, 15) is 19.2 Å². The van der Waals surface area contributed by atoms with Gasteiger partial charge >= 0.3 is 0 Å². The summed E-state index contributed by atoms with van der Waals surface area (Å²) in [5.74, 6) is -1.06. The third-order valence-electron chi connectivity index (χ3n) is 5.66. The molecule has 0 saturated heterocycles. The van der Waals surface area contributed by atoms with Gasteiger partial charge in [0.05, 0.1) is 28.3 Å². The molecule has 1 atom stereocenters. The first-order valence-corrected chi connectivity index (χ1v) is 12.3. The number of hydrogen-bond donors (Lipinski definition) is 2. The summed E-state index contributed by atoms with van der Waals surface area (Å²) in [5.41, 5.74) is 4.11. The van der Waals surface area contributed by atoms with E-state index in [1.165, 1.54) is 23.9 Å². The Morgan fingerprint density at radius 1 is 1.27 bits per heavy atom. The van der Waals surface area contributed by atoms with Crippen molar-refractivity contribution in [2.45, 2.75) is 32.1 Å². The monoisotopic (exact) mass is 525 g/mol. The van der Waals surface area contributed by atoms with Gasteiger partial charge in [0.25, 0.3) is 0 Å². The van der Waals surface area contributed by atoms with Crippen molar-refractivity contribution in [3.05, 3.63) is 85.8 Å². The topological polar surface area (TPSA) is 82.0 Å². The summed E-state index contributed by atoms with van der Waals surface area (Å²) in [6.45, 7) is 1.94. The lowest BCUT2D eigenvalue weighted by atomic mass is 9.77. The summed E-state index contributed by atoms with van der Waals surface area (Å²) in [6, 6.07) is 13.7. The zero-order valence-corrected chi connectivity index (χ0v) is 20.3. The average molecular weight is 526 g/mol. The SMILES string of the molecule is Cc1cc(NC(=O)CSC2=C(C#N)[C@H](c3ccc(F)cc3)C3=C(CCCC3=O)N2)ccc1Br. The van der Waals surface area contributed by atoms with E-state index in [-0.39, 0.29) is 23.3 Å². The van der Waals surface area contributed by atoms with Crippen LogP contribution in [0, 0.1) is 24.1 Å². The van der Waals surface area contributed by atoms with Gasteiger partial charge in [-0.3, -0.25) is 9.59 Å². The fourth-order valence-electron chi connectivity index (χ4n) is 4.08. The van der Waals surface area contributed by atoms with Crippen LogP contribution in [0.1, 0.15) is 36.3 Å². The first-order chi connectivity index (χ1) is 15.9. The minimum Gasteiger partial charge on any atom is -0.352 e. The number of dihydropyridines is 1. The number of ketones is 1. The number of nitriles is 1. The Kier molecular flexibility index (Phi) is 7.01. The zero-order valence-electron chi connectivity index (χ0n) is 17.9. The van der Waals surface area contributed by atoms with Crippen LogP contribution in [0.25, 0.3) is 0 Å². The number of thioether (sulfide) groups is 1. The van der Waals surface area contributed by atoms with Gasteiger partial charge in [-0.25, -0.2) is 4.39 Å². The van der Waals surface area contributed by atoms with Crippen LogP contribution in [0.2, 0.25) is 0 Å². The van der Waals surface area contributed by atoms with Gasteiger partial charge in [-0.2, -0.15) is 5.26 Å². The third-order valence-corrected chi connectivity index (χ3v) is 7.56. The highest BCUT2D eigenvalue weighted by Crippen LogP contribution is 2.44. The van der Waals surface area contributed by atoms with E-state index in [1.54, 1.807) is 12.1 Å². The molecule has 2 aromatic carbocycles. The molecule has 1 aliphatic carbocycles. The molecule has 33 heavy (non-hydrogen) atoms. The smallest absolute Gasteiger partial charge is 0.234 e. The first-order valence-electron chi connectivity index (χ1n) is 10.5. The lowest BCUT2D eigenvalue weighted by molar-refractivity contribution is -0.116. The highest BCUT2D eigenvalue weighted by Gasteiger charge is 2.37. The lowest BCUT2D eigenvalue weighted by Gasteiger charge is -2.33. The Labute approximate surface area is 204 Å². The van der Waals surface area contributed by atoms with Crippen molar-refractivity contribution < 1.29 is 14.0 Å². The largest absolute Gasteiger partial charge is 0.352 e. The Balaban J connectivity index is 1.59. The van der Waals surface area contributed by atoms with E-state index < -0.39 is 5.92 Å². The van der Waals surface area contributed by atoms with E-state index in [2.05, 4.69) is 32.6 Å². The molecule has 1 heterocycles. The van der Waals surface area contributed by atoms with E-state index in [0.717, 1.165) is 22.2 Å². The highest BCUT2D eigenvalue weighted by atomic mass is 79.9. The van der Waals surface area contributed by atoms with Crippen LogP contribution in [-0.4, -0.2) is 17.4 Å². The molecule has 0 fully saturated rings. The van der Waals surface area contributed by atoms with Crippen molar-refractivity contribution in [2.75, 3.05) is 11.1 Å². The molecule has 2 aromatic rings. The molecule has 0 bridgehead atoms. The number of nitrogens with zero attached hydrogens (tertiary/aromatic N) is 1. The summed E-state index contributed by atoms with van der Waals surface area (Å²) in [7, 11) is 0. The van der Waals surface area contributed by atoms with Crippen LogP contribution in [0.15, 0.2) is 68.8 Å². The number of carbonyl (C=O) groups excluding carboxylic acids is 2. The molecule has 0 aromatic heterocycles. The number of benzene rings is 2. The number of rotatable bonds is 5. The molecule has 168 valence electrons. The molecule has 0 saturated carbocycles. The summed E-state index contributed by atoms with van der Waals surface area (Å²) < 4.78 is 14.5. The van der Waals surface area contributed by atoms with Crippen molar-refractivity contribution in [1.29, 1.82) is 5.26 Å². The molecule has 0 unspecified atom stereocenters. The van der Waals surface area contributed by atoms with E-state index in [1.807, 2.05) is 25.1 Å². The predicted octanol–water partition coefficient (Wildman–Crippen LogP) is 5.70. The van der Waals surface area contributed by atoms with Gasteiger partial charge in [0, 0.05) is 27.9 Å². The fourth-order valence-corrected chi connectivity index (χ4v) is 5.19. The van der Waals surface area contributed by atoms with Crippen molar-refractivity contribution in [2.24, 2.45) is 0 Å². The van der Waals surface area contributed by atoms with Gasteiger partial charge in [0.15, 0.2) is 5.78 Å². The molecule has 2 N–H and O–H groups in total. The fraction of sp³-hybridized carbons (Fsp3) is 0.240. The molecule has 8 heteroatoms. The van der Waals surface area contributed by atoms with Gasteiger partial charge in [-0.15, -0.1) is 0 Å². The highest BCUT2D eigenvalue weighted by molar-refractivity contribution is 9.10. The maximum Gasteiger partial charge on any atom is 0.234 e. The molecule has 1 aliphatic heterocycles. The Hall–Kier alpha value is -2.89. The number of aryl methyl sites for hydroxylation is 1. The summed E-state index contributed by atoms with van der Waals surface area (Å²) >= 11 is 4.67. The molecule has 4 rings (SSSR count). The standard InChI is InChI=1S/C25H21BrFN3O2S/c1-14-11-17(9-10-19(14)26)29-22(32)13-33-25-18(12-28)23(15-5-7-16(27)8-6-15)24-20(30-25)3-2-4-21(24)31/h5-11,23,30H,2-4,13H2,1H3,(H,29,32)/t23-/m0/s1. The number of amides is 1. The Bertz CT molecular complexity index is 1230. The van der Waals surface area contributed by atoms with Gasteiger partial charge in [-0.1, -0.05) is 39.8 Å². The normalized spacial score (nSPS) is 17.9. The Morgan fingerprint density at radius 3 is 2.73 bits per heavy atom. The van der Waals surface area contributed by atoms with Crippen LogP contribution >= 0.6 is 27.7 Å². The quantitative estimate of drug-likeness (QED) is 0.523. The average Bonchev–Trinajstić information content (AvgIpc) is 2.80. The van der Waals surface area contributed by atoms with E-state index in [4.69, 9.17) is 0 Å². The second kappa shape index (κ2) is 9.94. The van der Waals surface area contributed by atoms with Crippen LogP contribution in [0.4, 0.5) is 10.1 Å². The van der Waals surface area contributed by atoms with Crippen LogP contribution < -0.4 is 10.6 Å². The number of Topliss-reactive ketones (excluding diaryl/α,β-unsaturated/α-hetero) is 1. The maximum atomic E-state index is 13.5. The van der Waals surface area contributed by atoms with E-state index in [0.29, 0.717) is 40.3 Å². The number of anilines is 1. The predicted molar refractivity (Wildman–Crippen MR) is 131 cm³/mol. The number of allylic oxidation sites excluding steroid dienone is 3. The molecule has 0 radical (unpaired) electrons. The minimum atomic E-state index is -0.570. The lowest BCUT2D eigenvalue weighted by Crippen LogP contribution is -2.31. The van der Waals surface area contributed by atoms with Crippen LogP contribution in [0.5, 0.6) is 0 Å². The second-order valence-electron chi connectivity index (χ2n) is 7.93. The second-order valence-corrected chi connectivity index (χ2v) is 9.77. The third kappa shape index (κ3) is 5.05. The molecular weight excluding hydrogens is 505 g/mol. The number of hydrogen-bond acceptors (Lipinski definition) is 5. The van der Waals surface area contributed by atoms with Crippen LogP contribution in [-0.2, 0) is 9.59 Å². The number of nitrogens with one attached hydrogen (secondary N) is 2. The molecule has 0 spiro atoms. The Morgan fingerprint density at radius 2 is 2.03 bits per heavy atom. The zero-order chi connectivity index (χ0) is 23.5. The molecule has 2 aliphatic rings. The van der Waals surface area contributed by atoms with Crippen molar-refractivity contribution in [1.82, 2.24) is 5.32 Å². The van der Waals surface area contributed by atoms with Gasteiger partial charge in [-0.05, 0) is 61.2 Å². The summed E-state index contributed by atoms with van der Waals surface area (Å²) in [5, 5.41) is 16.7. The van der Waals surface area contributed by atoms with Gasteiger partial charge in [0.1, 0.15) is 5.82 Å². The van der Waals surface area contributed by atoms with Gasteiger partial charge in [0.2, 0.25) is 5.91 Å². The molecule has 5 nitrogen and oxygen atoms in total. The minimum absolute atomic E-state index is 0.00164. The first kappa shape index (κ1) is 23.3.